The van der Waals surface area contributed by atoms with Gasteiger partial charge >= 0.3 is 0 Å². The van der Waals surface area contributed by atoms with Crippen LogP contribution in [0.4, 0.5) is 0 Å². The molecule has 1 unspecified atom stereocenters. The van der Waals surface area contributed by atoms with Crippen LogP contribution in [-0.2, 0) is 9.47 Å². The molecule has 0 aromatic rings. The summed E-state index contributed by atoms with van der Waals surface area (Å²) in [5.74, 6) is 0. The van der Waals surface area contributed by atoms with Crippen molar-refractivity contribution in [3.05, 3.63) is 0 Å². The van der Waals surface area contributed by atoms with Crippen molar-refractivity contribution in [2.75, 3.05) is 13.2 Å². The maximum atomic E-state index is 5.70. The molecule has 15 heavy (non-hydrogen) atoms. The van der Waals surface area contributed by atoms with Crippen LogP contribution in [0.1, 0.15) is 48.0 Å². The molecule has 0 saturated carbocycles. The van der Waals surface area contributed by atoms with Crippen LogP contribution in [0.15, 0.2) is 0 Å². The molecule has 1 atom stereocenters. The summed E-state index contributed by atoms with van der Waals surface area (Å²) in [6, 6.07) is 0.0906. The van der Waals surface area contributed by atoms with Crippen LogP contribution in [0.25, 0.3) is 0 Å². The zero-order chi connectivity index (χ0) is 12.1. The number of rotatable bonds is 6. The minimum Gasteiger partial charge on any atom is -0.376 e. The number of nitrogens with two attached hydrogens (primary N) is 1. The van der Waals surface area contributed by atoms with Gasteiger partial charge in [0.25, 0.3) is 0 Å². The molecule has 0 radical (unpaired) electrons. The molecule has 0 aliphatic carbocycles. The lowest BCUT2D eigenvalue weighted by Crippen LogP contribution is -2.33. The molecule has 0 aliphatic rings. The van der Waals surface area contributed by atoms with E-state index in [2.05, 4.69) is 34.6 Å². The molecule has 0 aliphatic heterocycles. The Morgan fingerprint density at radius 2 is 1.60 bits per heavy atom. The molecule has 92 valence electrons. The normalized spacial score (nSPS) is 15.4. The van der Waals surface area contributed by atoms with Gasteiger partial charge in [-0.1, -0.05) is 0 Å². The summed E-state index contributed by atoms with van der Waals surface area (Å²) in [5, 5.41) is 0. The van der Waals surface area contributed by atoms with E-state index in [1.165, 1.54) is 0 Å². The van der Waals surface area contributed by atoms with E-state index < -0.39 is 0 Å². The van der Waals surface area contributed by atoms with Crippen LogP contribution < -0.4 is 5.73 Å². The summed E-state index contributed by atoms with van der Waals surface area (Å²) in [6.07, 6.45) is 0.886. The first-order valence-electron chi connectivity index (χ1n) is 5.66. The SMILES string of the molecule is CC(N)COC(C)(C)CCOC(C)(C)C. The van der Waals surface area contributed by atoms with E-state index in [9.17, 15) is 0 Å². The summed E-state index contributed by atoms with van der Waals surface area (Å²) in [4.78, 5) is 0. The van der Waals surface area contributed by atoms with Crippen molar-refractivity contribution in [1.82, 2.24) is 0 Å². The molecule has 3 heteroatoms. The van der Waals surface area contributed by atoms with E-state index >= 15 is 0 Å². The van der Waals surface area contributed by atoms with Gasteiger partial charge in [-0.15, -0.1) is 0 Å². The Morgan fingerprint density at radius 1 is 1.07 bits per heavy atom. The molecule has 0 bridgehead atoms. The van der Waals surface area contributed by atoms with Crippen LogP contribution in [0.5, 0.6) is 0 Å². The number of hydrogen-bond donors (Lipinski definition) is 1. The fraction of sp³-hybridized carbons (Fsp3) is 1.00. The first-order valence-corrected chi connectivity index (χ1v) is 5.66. The summed E-state index contributed by atoms with van der Waals surface area (Å²) >= 11 is 0. The Labute approximate surface area is 94.3 Å². The fourth-order valence-electron chi connectivity index (χ4n) is 1.03. The van der Waals surface area contributed by atoms with Crippen molar-refractivity contribution in [2.45, 2.75) is 65.2 Å². The van der Waals surface area contributed by atoms with Crippen molar-refractivity contribution >= 4 is 0 Å². The third kappa shape index (κ3) is 10.2. The molecule has 0 saturated heterocycles. The van der Waals surface area contributed by atoms with E-state index in [4.69, 9.17) is 15.2 Å². The van der Waals surface area contributed by atoms with E-state index in [1.807, 2.05) is 6.92 Å². The fourth-order valence-corrected chi connectivity index (χ4v) is 1.03. The van der Waals surface area contributed by atoms with Gasteiger partial charge in [-0.05, 0) is 48.0 Å². The molecule has 0 rings (SSSR count). The number of hydrogen-bond acceptors (Lipinski definition) is 3. The topological polar surface area (TPSA) is 44.5 Å². The highest BCUT2D eigenvalue weighted by atomic mass is 16.5. The third-order valence-electron chi connectivity index (χ3n) is 1.98. The predicted molar refractivity (Wildman–Crippen MR) is 64.0 cm³/mol. The van der Waals surface area contributed by atoms with Gasteiger partial charge in [0.15, 0.2) is 0 Å². The summed E-state index contributed by atoms with van der Waals surface area (Å²) < 4.78 is 11.4. The highest BCUT2D eigenvalue weighted by molar-refractivity contribution is 4.70. The first-order chi connectivity index (χ1) is 6.62. The maximum Gasteiger partial charge on any atom is 0.0649 e. The lowest BCUT2D eigenvalue weighted by atomic mass is 10.1. The molecule has 0 spiro atoms. The maximum absolute atomic E-state index is 5.70. The molecular weight excluding hydrogens is 190 g/mol. The predicted octanol–water partition coefficient (Wildman–Crippen LogP) is 2.33. The lowest BCUT2D eigenvalue weighted by Gasteiger charge is -2.28. The Bertz CT molecular complexity index is 171. The molecule has 0 aromatic heterocycles. The average Bonchev–Trinajstić information content (AvgIpc) is 1.98. The zero-order valence-corrected chi connectivity index (χ0v) is 11.1. The van der Waals surface area contributed by atoms with Crippen molar-refractivity contribution in [1.29, 1.82) is 0 Å². The van der Waals surface area contributed by atoms with E-state index in [0.717, 1.165) is 13.0 Å². The van der Waals surface area contributed by atoms with Gasteiger partial charge in [-0.3, -0.25) is 0 Å². The minimum atomic E-state index is -0.154. The zero-order valence-electron chi connectivity index (χ0n) is 11.1. The van der Waals surface area contributed by atoms with Crippen molar-refractivity contribution in [2.24, 2.45) is 5.73 Å². The van der Waals surface area contributed by atoms with Gasteiger partial charge < -0.3 is 15.2 Å². The molecule has 3 nitrogen and oxygen atoms in total. The van der Waals surface area contributed by atoms with E-state index in [0.29, 0.717) is 6.61 Å². The van der Waals surface area contributed by atoms with Gasteiger partial charge in [-0.25, -0.2) is 0 Å². The molecule has 0 amide bonds. The van der Waals surface area contributed by atoms with Gasteiger partial charge in [0, 0.05) is 12.6 Å². The van der Waals surface area contributed by atoms with Crippen LogP contribution in [-0.4, -0.2) is 30.5 Å². The highest BCUT2D eigenvalue weighted by Crippen LogP contribution is 2.17. The summed E-state index contributed by atoms with van der Waals surface area (Å²) in [7, 11) is 0. The second kappa shape index (κ2) is 5.83. The van der Waals surface area contributed by atoms with E-state index in [-0.39, 0.29) is 17.2 Å². The van der Waals surface area contributed by atoms with Gasteiger partial charge in [-0.2, -0.15) is 0 Å². The van der Waals surface area contributed by atoms with Crippen LogP contribution in [0.3, 0.4) is 0 Å². The molecule has 0 aromatic carbocycles. The first kappa shape index (κ1) is 14.9. The van der Waals surface area contributed by atoms with E-state index in [1.54, 1.807) is 0 Å². The Hall–Kier alpha value is -0.120. The Balaban J connectivity index is 3.74. The van der Waals surface area contributed by atoms with Crippen molar-refractivity contribution in [3.63, 3.8) is 0 Å². The quantitative estimate of drug-likeness (QED) is 0.742. The van der Waals surface area contributed by atoms with Crippen LogP contribution >= 0.6 is 0 Å². The molecule has 0 fully saturated rings. The Morgan fingerprint density at radius 3 is 2.00 bits per heavy atom. The Kier molecular flexibility index (Phi) is 5.78. The second-order valence-corrected chi connectivity index (χ2v) is 5.76. The summed E-state index contributed by atoms with van der Waals surface area (Å²) in [5.41, 5.74) is 5.42. The minimum absolute atomic E-state index is 0.0722. The van der Waals surface area contributed by atoms with Gasteiger partial charge in [0.2, 0.25) is 0 Å². The third-order valence-corrected chi connectivity index (χ3v) is 1.98. The van der Waals surface area contributed by atoms with Gasteiger partial charge in [0.1, 0.15) is 0 Å². The number of ether oxygens (including phenoxy) is 2. The van der Waals surface area contributed by atoms with Gasteiger partial charge in [0.05, 0.1) is 17.8 Å². The average molecular weight is 217 g/mol. The largest absolute Gasteiger partial charge is 0.376 e. The highest BCUT2D eigenvalue weighted by Gasteiger charge is 2.20. The van der Waals surface area contributed by atoms with Crippen LogP contribution in [0.2, 0.25) is 0 Å². The standard InChI is InChI=1S/C12H27NO2/c1-10(13)9-15-12(5,6)7-8-14-11(2,3)4/h10H,7-9,13H2,1-6H3. The molecular formula is C12H27NO2. The lowest BCUT2D eigenvalue weighted by molar-refractivity contribution is -0.0686. The monoisotopic (exact) mass is 217 g/mol. The molecule has 2 N–H and O–H groups in total. The summed E-state index contributed by atoms with van der Waals surface area (Å²) in [6.45, 7) is 13.6. The smallest absolute Gasteiger partial charge is 0.0649 e. The second-order valence-electron chi connectivity index (χ2n) is 5.76. The van der Waals surface area contributed by atoms with Crippen LogP contribution in [0, 0.1) is 0 Å². The van der Waals surface area contributed by atoms with Crippen molar-refractivity contribution in [3.8, 4) is 0 Å². The molecule has 0 heterocycles. The van der Waals surface area contributed by atoms with Crippen molar-refractivity contribution < 1.29 is 9.47 Å².